The summed E-state index contributed by atoms with van der Waals surface area (Å²) in [6.45, 7) is 8.11. The Morgan fingerprint density at radius 1 is 0.950 bits per heavy atom. The van der Waals surface area contributed by atoms with Crippen LogP contribution in [-0.2, 0) is 16.0 Å². The van der Waals surface area contributed by atoms with Crippen molar-refractivity contribution in [2.45, 2.75) is 34.1 Å². The van der Waals surface area contributed by atoms with Crippen LogP contribution in [0.5, 0.6) is 23.0 Å². The zero-order valence-corrected chi connectivity index (χ0v) is 23.5. The number of rotatable bonds is 13. The van der Waals surface area contributed by atoms with Gasteiger partial charge in [0, 0.05) is 5.56 Å². The Labute approximate surface area is 231 Å². The SMILES string of the molecule is CCOc1cc(C(=O)N/N=C(\C)c2c(CC(=O)OC)[nH]n(-c3ccc(OC)cc3)c2=O)cc(OCC)c1OCC. The molecule has 2 N–H and O–H groups in total. The molecule has 0 aliphatic heterocycles. The van der Waals surface area contributed by atoms with Gasteiger partial charge in [-0.1, -0.05) is 0 Å². The smallest absolute Gasteiger partial charge is 0.311 e. The Morgan fingerprint density at radius 3 is 2.08 bits per heavy atom. The van der Waals surface area contributed by atoms with Crippen molar-refractivity contribution in [3.8, 4) is 28.7 Å². The fourth-order valence-corrected chi connectivity index (χ4v) is 3.89. The van der Waals surface area contributed by atoms with Gasteiger partial charge in [-0.3, -0.25) is 19.5 Å². The van der Waals surface area contributed by atoms with Crippen LogP contribution < -0.4 is 29.9 Å². The Bertz CT molecular complexity index is 1400. The van der Waals surface area contributed by atoms with Crippen LogP contribution >= 0.6 is 0 Å². The van der Waals surface area contributed by atoms with Crippen LogP contribution in [0, 0.1) is 0 Å². The van der Waals surface area contributed by atoms with Gasteiger partial charge in [0.05, 0.1) is 63.1 Å². The number of aromatic amines is 1. The van der Waals surface area contributed by atoms with Crippen molar-refractivity contribution in [1.82, 2.24) is 15.2 Å². The number of nitrogens with one attached hydrogen (secondary N) is 2. The maximum absolute atomic E-state index is 13.4. The molecule has 214 valence electrons. The lowest BCUT2D eigenvalue weighted by Gasteiger charge is -2.16. The van der Waals surface area contributed by atoms with Gasteiger partial charge in [-0.25, -0.2) is 10.1 Å². The van der Waals surface area contributed by atoms with Crippen molar-refractivity contribution < 1.29 is 33.3 Å². The standard InChI is InChI=1S/C28H34N4O8/c1-7-38-22-14-18(15-23(39-8-2)26(22)40-9-3)27(34)30-29-17(4)25-21(16-24(33)37-6)31-32(28(25)35)19-10-12-20(36-5)13-11-19/h10-15,31H,7-9,16H2,1-6H3,(H,30,34)/b29-17+. The van der Waals surface area contributed by atoms with Gasteiger partial charge in [0.15, 0.2) is 11.5 Å². The zero-order valence-electron chi connectivity index (χ0n) is 23.5. The van der Waals surface area contributed by atoms with Gasteiger partial charge in [0.2, 0.25) is 5.75 Å². The molecule has 0 bridgehead atoms. The topological polar surface area (TPSA) is 142 Å². The summed E-state index contributed by atoms with van der Waals surface area (Å²) in [4.78, 5) is 38.6. The molecule has 3 aromatic rings. The number of hydrogen-bond acceptors (Lipinski definition) is 9. The largest absolute Gasteiger partial charge is 0.497 e. The van der Waals surface area contributed by atoms with Gasteiger partial charge in [-0.2, -0.15) is 5.10 Å². The fourth-order valence-electron chi connectivity index (χ4n) is 3.89. The number of nitrogens with zero attached hydrogens (tertiary/aromatic N) is 2. The average molecular weight is 555 g/mol. The van der Waals surface area contributed by atoms with E-state index in [1.807, 2.05) is 20.8 Å². The lowest BCUT2D eigenvalue weighted by Crippen LogP contribution is -2.24. The molecule has 0 radical (unpaired) electrons. The summed E-state index contributed by atoms with van der Waals surface area (Å²) in [7, 11) is 2.80. The van der Waals surface area contributed by atoms with Crippen molar-refractivity contribution in [3.05, 3.63) is 63.6 Å². The van der Waals surface area contributed by atoms with Crippen molar-refractivity contribution >= 4 is 17.6 Å². The third kappa shape index (κ3) is 6.82. The second-order valence-electron chi connectivity index (χ2n) is 8.30. The molecule has 12 heteroatoms. The highest BCUT2D eigenvalue weighted by molar-refractivity contribution is 6.02. The highest BCUT2D eigenvalue weighted by atomic mass is 16.5. The Kier molecular flexibility index (Phi) is 10.3. The van der Waals surface area contributed by atoms with E-state index in [4.69, 9.17) is 23.7 Å². The molecule has 12 nitrogen and oxygen atoms in total. The van der Waals surface area contributed by atoms with Crippen LogP contribution in [-0.4, -0.2) is 61.4 Å². The first-order valence-electron chi connectivity index (χ1n) is 12.7. The van der Waals surface area contributed by atoms with Crippen LogP contribution in [0.2, 0.25) is 0 Å². The first kappa shape index (κ1) is 29.8. The lowest BCUT2D eigenvalue weighted by molar-refractivity contribution is -0.139. The number of aromatic nitrogens is 2. The normalized spacial score (nSPS) is 11.1. The molecule has 0 atom stereocenters. The highest BCUT2D eigenvalue weighted by Crippen LogP contribution is 2.39. The quantitative estimate of drug-likeness (QED) is 0.186. The number of amides is 1. The number of methoxy groups -OCH3 is 2. The van der Waals surface area contributed by atoms with Gasteiger partial charge in [-0.05, 0) is 64.1 Å². The molecule has 1 amide bonds. The van der Waals surface area contributed by atoms with E-state index in [0.717, 1.165) is 0 Å². The average Bonchev–Trinajstić information content (AvgIpc) is 3.28. The maximum atomic E-state index is 13.4. The molecule has 0 aliphatic carbocycles. The van der Waals surface area contributed by atoms with E-state index >= 15 is 0 Å². The van der Waals surface area contributed by atoms with Crippen LogP contribution in [0.15, 0.2) is 46.3 Å². The number of carbonyl (C=O) groups excluding carboxylic acids is 2. The van der Waals surface area contributed by atoms with E-state index < -0.39 is 17.4 Å². The Morgan fingerprint density at radius 2 is 1.55 bits per heavy atom. The fraction of sp³-hybridized carbons (Fsp3) is 0.357. The zero-order chi connectivity index (χ0) is 29.2. The summed E-state index contributed by atoms with van der Waals surface area (Å²) in [5, 5.41) is 7.12. The summed E-state index contributed by atoms with van der Waals surface area (Å²) in [5.74, 6) is 0.616. The third-order valence-electron chi connectivity index (χ3n) is 5.70. The minimum atomic E-state index is -0.565. The van der Waals surface area contributed by atoms with E-state index in [1.165, 1.54) is 23.9 Å². The number of hydrazone groups is 1. The minimum Gasteiger partial charge on any atom is -0.497 e. The van der Waals surface area contributed by atoms with Crippen molar-refractivity contribution in [1.29, 1.82) is 0 Å². The second-order valence-corrected chi connectivity index (χ2v) is 8.30. The Balaban J connectivity index is 1.98. The van der Waals surface area contributed by atoms with Crippen LogP contribution in [0.25, 0.3) is 5.69 Å². The molecule has 0 fully saturated rings. The highest BCUT2D eigenvalue weighted by Gasteiger charge is 2.22. The molecule has 0 unspecified atom stereocenters. The van der Waals surface area contributed by atoms with Crippen molar-refractivity contribution in [2.75, 3.05) is 34.0 Å². The second kappa shape index (κ2) is 13.9. The molecule has 0 saturated carbocycles. The number of H-pyrrole nitrogens is 1. The summed E-state index contributed by atoms with van der Waals surface area (Å²) >= 11 is 0. The van der Waals surface area contributed by atoms with E-state index in [2.05, 4.69) is 15.6 Å². The maximum Gasteiger partial charge on any atom is 0.311 e. The van der Waals surface area contributed by atoms with Gasteiger partial charge in [-0.15, -0.1) is 0 Å². The van der Waals surface area contributed by atoms with Gasteiger partial charge < -0.3 is 23.7 Å². The van der Waals surface area contributed by atoms with Crippen LogP contribution in [0.4, 0.5) is 0 Å². The summed E-state index contributed by atoms with van der Waals surface area (Å²) in [5.41, 5.74) is 3.33. The first-order chi connectivity index (χ1) is 19.3. The molecule has 2 aromatic carbocycles. The van der Waals surface area contributed by atoms with Crippen molar-refractivity contribution in [2.24, 2.45) is 5.10 Å². The lowest BCUT2D eigenvalue weighted by atomic mass is 10.1. The van der Waals surface area contributed by atoms with E-state index in [1.54, 1.807) is 38.3 Å². The number of hydrogen-bond donors (Lipinski definition) is 2. The third-order valence-corrected chi connectivity index (χ3v) is 5.70. The van der Waals surface area contributed by atoms with Crippen molar-refractivity contribution in [3.63, 3.8) is 0 Å². The van der Waals surface area contributed by atoms with Gasteiger partial charge in [0.25, 0.3) is 11.5 Å². The van der Waals surface area contributed by atoms with Gasteiger partial charge in [0.1, 0.15) is 5.75 Å². The molecule has 0 saturated heterocycles. The van der Waals surface area contributed by atoms with Crippen LogP contribution in [0.3, 0.4) is 0 Å². The first-order valence-corrected chi connectivity index (χ1v) is 12.7. The van der Waals surface area contributed by atoms with E-state index in [0.29, 0.717) is 48.5 Å². The predicted molar refractivity (Wildman–Crippen MR) is 148 cm³/mol. The Hall–Kier alpha value is -4.74. The molecule has 3 rings (SSSR count). The van der Waals surface area contributed by atoms with E-state index in [-0.39, 0.29) is 29.0 Å². The summed E-state index contributed by atoms with van der Waals surface area (Å²) in [6, 6.07) is 9.85. The number of esters is 1. The van der Waals surface area contributed by atoms with Gasteiger partial charge >= 0.3 is 5.97 Å². The summed E-state index contributed by atoms with van der Waals surface area (Å²) < 4.78 is 28.3. The number of ether oxygens (including phenoxy) is 5. The molecule has 1 aromatic heterocycles. The minimum absolute atomic E-state index is 0.123. The summed E-state index contributed by atoms with van der Waals surface area (Å²) in [6.07, 6.45) is -0.209. The molecule has 40 heavy (non-hydrogen) atoms. The predicted octanol–water partition coefficient (Wildman–Crippen LogP) is 3.24. The molecule has 1 heterocycles. The van der Waals surface area contributed by atoms with E-state index in [9.17, 15) is 14.4 Å². The number of carbonyl (C=O) groups is 2. The number of benzene rings is 2. The molecular weight excluding hydrogens is 520 g/mol. The molecule has 0 spiro atoms. The molecule has 0 aliphatic rings. The van der Waals surface area contributed by atoms with Crippen LogP contribution in [0.1, 0.15) is 49.3 Å². The monoisotopic (exact) mass is 554 g/mol. The molecular formula is C28H34N4O8.